The van der Waals surface area contributed by atoms with E-state index < -0.39 is 0 Å². The minimum Gasteiger partial charge on any atom is -0.462 e. The zero-order valence-electron chi connectivity index (χ0n) is 11.4. The fraction of sp³-hybridized carbons (Fsp3) is 0.429. The summed E-state index contributed by atoms with van der Waals surface area (Å²) < 4.78 is 8.95. The quantitative estimate of drug-likeness (QED) is 0.612. The highest BCUT2D eigenvalue weighted by molar-refractivity contribution is 5.66. The van der Waals surface area contributed by atoms with Crippen molar-refractivity contribution in [2.24, 2.45) is 0 Å². The molecule has 0 amide bonds. The molecule has 0 spiro atoms. The van der Waals surface area contributed by atoms with E-state index in [1.165, 1.54) is 25.0 Å². The van der Waals surface area contributed by atoms with Crippen molar-refractivity contribution >= 4 is 11.9 Å². The molecule has 0 bridgehead atoms. The van der Waals surface area contributed by atoms with Crippen molar-refractivity contribution in [1.29, 1.82) is 0 Å². The highest BCUT2D eigenvalue weighted by atomic mass is 16.6. The van der Waals surface area contributed by atoms with Crippen LogP contribution in [0.2, 0.25) is 0 Å². The molecular formula is C14H20O4. The maximum Gasteiger partial charge on any atom is 0.302 e. The average Bonchev–Trinajstić information content (AvgIpc) is 2.29. The molecular weight excluding hydrogens is 232 g/mol. The highest BCUT2D eigenvalue weighted by Crippen LogP contribution is 1.99. The summed E-state index contributed by atoms with van der Waals surface area (Å²) in [4.78, 5) is 20.3. The number of carbonyl (C=O) groups is 2. The van der Waals surface area contributed by atoms with Gasteiger partial charge in [0, 0.05) is 13.8 Å². The number of ether oxygens (including phenoxy) is 2. The van der Waals surface area contributed by atoms with E-state index in [0.717, 1.165) is 0 Å². The predicted molar refractivity (Wildman–Crippen MR) is 69.2 cm³/mol. The Morgan fingerprint density at radius 1 is 0.833 bits per heavy atom. The van der Waals surface area contributed by atoms with Crippen molar-refractivity contribution in [3.63, 3.8) is 0 Å². The van der Waals surface area contributed by atoms with Gasteiger partial charge in [-0.1, -0.05) is 35.4 Å². The van der Waals surface area contributed by atoms with Crippen molar-refractivity contribution < 1.29 is 19.1 Å². The van der Waals surface area contributed by atoms with E-state index >= 15 is 0 Å². The SMILES string of the molecule is CC(=O)OCCOC(C)=O.Cc1ccc(C)cc1. The first-order valence-electron chi connectivity index (χ1n) is 5.72. The molecule has 0 N–H and O–H groups in total. The molecule has 0 aliphatic rings. The lowest BCUT2D eigenvalue weighted by atomic mass is 10.2. The molecule has 1 rings (SSSR count). The Hall–Kier alpha value is -1.84. The van der Waals surface area contributed by atoms with Crippen LogP contribution in [0.5, 0.6) is 0 Å². The van der Waals surface area contributed by atoms with Crippen LogP contribution >= 0.6 is 0 Å². The number of aryl methyl sites for hydroxylation is 2. The standard InChI is InChI=1S/C8H10.C6H10O4/c1-7-3-5-8(2)6-4-7;1-5(7)9-3-4-10-6(2)8/h3-6H,1-2H3;3-4H2,1-2H3. The molecule has 0 radical (unpaired) electrons. The number of hydrogen-bond acceptors (Lipinski definition) is 4. The van der Waals surface area contributed by atoms with Crippen molar-refractivity contribution in [2.45, 2.75) is 27.7 Å². The van der Waals surface area contributed by atoms with Crippen molar-refractivity contribution in [2.75, 3.05) is 13.2 Å². The predicted octanol–water partition coefficient (Wildman–Crippen LogP) is 2.42. The zero-order chi connectivity index (χ0) is 14.0. The minimum atomic E-state index is -0.368. The molecule has 0 saturated heterocycles. The van der Waals surface area contributed by atoms with E-state index in [9.17, 15) is 9.59 Å². The summed E-state index contributed by atoms with van der Waals surface area (Å²) in [5.41, 5.74) is 2.66. The van der Waals surface area contributed by atoms with Crippen LogP contribution in [0.3, 0.4) is 0 Å². The van der Waals surface area contributed by atoms with Gasteiger partial charge >= 0.3 is 11.9 Å². The topological polar surface area (TPSA) is 52.6 Å². The Morgan fingerprint density at radius 2 is 1.11 bits per heavy atom. The molecule has 4 heteroatoms. The van der Waals surface area contributed by atoms with Crippen molar-refractivity contribution in [3.05, 3.63) is 35.4 Å². The smallest absolute Gasteiger partial charge is 0.302 e. The summed E-state index contributed by atoms with van der Waals surface area (Å²) in [5, 5.41) is 0. The van der Waals surface area contributed by atoms with E-state index in [1.807, 2.05) is 0 Å². The van der Waals surface area contributed by atoms with Crippen molar-refractivity contribution in [3.8, 4) is 0 Å². The number of rotatable bonds is 3. The molecule has 0 atom stereocenters. The average molecular weight is 252 g/mol. The summed E-state index contributed by atoms with van der Waals surface area (Å²) in [6.07, 6.45) is 0. The van der Waals surface area contributed by atoms with E-state index in [2.05, 4.69) is 47.6 Å². The number of esters is 2. The first-order valence-corrected chi connectivity index (χ1v) is 5.72. The van der Waals surface area contributed by atoms with Gasteiger partial charge in [0.2, 0.25) is 0 Å². The molecule has 4 nitrogen and oxygen atoms in total. The van der Waals surface area contributed by atoms with Gasteiger partial charge in [-0.2, -0.15) is 0 Å². The van der Waals surface area contributed by atoms with Gasteiger partial charge in [-0.05, 0) is 13.8 Å². The summed E-state index contributed by atoms with van der Waals surface area (Å²) in [5.74, 6) is -0.737. The Labute approximate surface area is 108 Å². The Kier molecular flexibility index (Phi) is 8.27. The molecule has 100 valence electrons. The molecule has 0 heterocycles. The number of carbonyl (C=O) groups excluding carboxylic acids is 2. The second kappa shape index (κ2) is 9.22. The van der Waals surface area contributed by atoms with E-state index in [1.54, 1.807) is 0 Å². The minimum absolute atomic E-state index is 0.134. The van der Waals surface area contributed by atoms with Crippen LogP contribution in [-0.4, -0.2) is 25.2 Å². The second-order valence-corrected chi connectivity index (χ2v) is 3.83. The van der Waals surface area contributed by atoms with Crippen LogP contribution in [-0.2, 0) is 19.1 Å². The second-order valence-electron chi connectivity index (χ2n) is 3.83. The van der Waals surface area contributed by atoms with E-state index in [4.69, 9.17) is 0 Å². The molecule has 0 unspecified atom stereocenters. The fourth-order valence-electron chi connectivity index (χ4n) is 1.01. The van der Waals surface area contributed by atoms with Gasteiger partial charge < -0.3 is 9.47 Å². The molecule has 18 heavy (non-hydrogen) atoms. The molecule has 0 saturated carbocycles. The number of hydrogen-bond donors (Lipinski definition) is 0. The first kappa shape index (κ1) is 16.2. The maximum absolute atomic E-state index is 10.1. The van der Waals surface area contributed by atoms with Gasteiger partial charge in [0.25, 0.3) is 0 Å². The molecule has 0 fully saturated rings. The lowest BCUT2D eigenvalue weighted by Gasteiger charge is -2.00. The fourth-order valence-corrected chi connectivity index (χ4v) is 1.01. The summed E-state index contributed by atoms with van der Waals surface area (Å²) in [7, 11) is 0. The van der Waals surface area contributed by atoms with Gasteiger partial charge in [-0.15, -0.1) is 0 Å². The van der Waals surface area contributed by atoms with Gasteiger partial charge in [0.15, 0.2) is 0 Å². The van der Waals surface area contributed by atoms with Gasteiger partial charge in [0.1, 0.15) is 13.2 Å². The summed E-state index contributed by atoms with van der Waals surface area (Å²) >= 11 is 0. The van der Waals surface area contributed by atoms with Crippen molar-refractivity contribution in [1.82, 2.24) is 0 Å². The summed E-state index contributed by atoms with van der Waals surface area (Å²) in [6.45, 7) is 7.06. The molecule has 0 aliphatic carbocycles. The molecule has 0 aliphatic heterocycles. The van der Waals surface area contributed by atoms with Gasteiger partial charge in [0.05, 0.1) is 0 Å². The zero-order valence-corrected chi connectivity index (χ0v) is 11.4. The monoisotopic (exact) mass is 252 g/mol. The lowest BCUT2D eigenvalue weighted by molar-refractivity contribution is -0.149. The Bertz CT molecular complexity index is 331. The van der Waals surface area contributed by atoms with E-state index in [0.29, 0.717) is 0 Å². The van der Waals surface area contributed by atoms with Gasteiger partial charge in [-0.25, -0.2) is 0 Å². The molecule has 1 aromatic rings. The highest BCUT2D eigenvalue weighted by Gasteiger charge is 1.94. The Balaban J connectivity index is 0.000000327. The van der Waals surface area contributed by atoms with E-state index in [-0.39, 0.29) is 25.2 Å². The van der Waals surface area contributed by atoms with Crippen LogP contribution in [0, 0.1) is 13.8 Å². The van der Waals surface area contributed by atoms with Gasteiger partial charge in [-0.3, -0.25) is 9.59 Å². The normalized spacial score (nSPS) is 8.89. The lowest BCUT2D eigenvalue weighted by Crippen LogP contribution is -2.09. The third-order valence-corrected chi connectivity index (χ3v) is 1.91. The first-order chi connectivity index (χ1) is 8.41. The van der Waals surface area contributed by atoms with Crippen LogP contribution in [0.4, 0.5) is 0 Å². The van der Waals surface area contributed by atoms with Crippen LogP contribution in [0.1, 0.15) is 25.0 Å². The maximum atomic E-state index is 10.1. The molecule has 0 aromatic heterocycles. The summed E-state index contributed by atoms with van der Waals surface area (Å²) in [6, 6.07) is 8.48. The number of benzene rings is 1. The van der Waals surface area contributed by atoms with Crippen LogP contribution < -0.4 is 0 Å². The third kappa shape index (κ3) is 10.7. The third-order valence-electron chi connectivity index (χ3n) is 1.91. The van der Waals surface area contributed by atoms with Crippen LogP contribution in [0.15, 0.2) is 24.3 Å². The van der Waals surface area contributed by atoms with Crippen LogP contribution in [0.25, 0.3) is 0 Å². The molecule has 1 aromatic carbocycles. The Morgan fingerprint density at radius 3 is 1.33 bits per heavy atom. The largest absolute Gasteiger partial charge is 0.462 e.